The summed E-state index contributed by atoms with van der Waals surface area (Å²) in [5, 5.41) is 5.09. The molecule has 0 radical (unpaired) electrons. The van der Waals surface area contributed by atoms with E-state index in [2.05, 4.69) is 10.6 Å². The number of hydrogen-bond donors (Lipinski definition) is 2. The molecule has 0 aromatic heterocycles. The summed E-state index contributed by atoms with van der Waals surface area (Å²) in [4.78, 5) is 12.3. The topological polar surface area (TPSA) is 75.3 Å². The van der Waals surface area contributed by atoms with Gasteiger partial charge in [0.2, 0.25) is 5.91 Å². The van der Waals surface area contributed by atoms with Gasteiger partial charge in [-0.15, -0.1) is 0 Å². The maximum Gasteiger partial charge on any atom is 0.242 e. The van der Waals surface area contributed by atoms with Gasteiger partial charge in [-0.2, -0.15) is 0 Å². The van der Waals surface area contributed by atoms with Crippen molar-refractivity contribution in [3.63, 3.8) is 0 Å². The summed E-state index contributed by atoms with van der Waals surface area (Å²) in [5.74, 6) is -0.289. The fraction of sp³-hybridized carbons (Fsp3) is 0.533. The van der Waals surface area contributed by atoms with Gasteiger partial charge < -0.3 is 10.6 Å². The third kappa shape index (κ3) is 4.04. The van der Waals surface area contributed by atoms with Crippen molar-refractivity contribution < 1.29 is 13.2 Å². The molecule has 1 atom stereocenters. The van der Waals surface area contributed by atoms with Crippen LogP contribution in [0.15, 0.2) is 24.3 Å². The Hall–Kier alpha value is -1.40. The minimum Gasteiger partial charge on any atom is -0.325 e. The first-order valence-electron chi connectivity index (χ1n) is 7.35. The van der Waals surface area contributed by atoms with Crippen LogP contribution in [0.3, 0.4) is 0 Å². The van der Waals surface area contributed by atoms with E-state index in [1.807, 2.05) is 25.1 Å². The number of anilines is 1. The van der Waals surface area contributed by atoms with Gasteiger partial charge in [-0.3, -0.25) is 4.79 Å². The lowest BCUT2D eigenvalue weighted by Gasteiger charge is -2.22. The minimum absolute atomic E-state index is 0.115. The molecule has 1 aromatic carbocycles. The first-order valence-corrected chi connectivity index (χ1v) is 9.07. The molecule has 0 aliphatic carbocycles. The molecule has 1 saturated heterocycles. The lowest BCUT2D eigenvalue weighted by atomic mass is 10.1. The molecular formula is C15H22N2O3S. The zero-order chi connectivity index (χ0) is 15.3. The highest BCUT2D eigenvalue weighted by Gasteiger charge is 2.34. The molecular weight excluding hydrogens is 288 g/mol. The average molecular weight is 310 g/mol. The standard InChI is InChI=1S/C15H22N2O3S/c1-2-16-11-12-7-3-4-8-13(12)17-15(18)14-9-5-6-10-21(14,19)20/h3-4,7-8,14,16H,2,5-6,9-11H2,1H3,(H,17,18). The number of carbonyl (C=O) groups is 1. The van der Waals surface area contributed by atoms with Crippen LogP contribution in [0.5, 0.6) is 0 Å². The molecule has 1 heterocycles. The number of sulfone groups is 1. The zero-order valence-electron chi connectivity index (χ0n) is 12.3. The van der Waals surface area contributed by atoms with Crippen LogP contribution >= 0.6 is 0 Å². The van der Waals surface area contributed by atoms with Gasteiger partial charge in [0, 0.05) is 12.2 Å². The molecule has 0 saturated carbocycles. The van der Waals surface area contributed by atoms with E-state index >= 15 is 0 Å². The number of nitrogens with one attached hydrogen (secondary N) is 2. The fourth-order valence-corrected chi connectivity index (χ4v) is 4.32. The van der Waals surface area contributed by atoms with Crippen molar-refractivity contribution in [2.75, 3.05) is 17.6 Å². The Kier molecular flexibility index (Phi) is 5.36. The molecule has 1 aliphatic heterocycles. The number of para-hydroxylation sites is 1. The third-order valence-electron chi connectivity index (χ3n) is 3.71. The van der Waals surface area contributed by atoms with Crippen molar-refractivity contribution in [2.45, 2.75) is 38.0 Å². The Bertz CT molecular complexity index is 599. The van der Waals surface area contributed by atoms with Crippen LogP contribution in [0.2, 0.25) is 0 Å². The molecule has 2 rings (SSSR count). The number of amides is 1. The summed E-state index contributed by atoms with van der Waals surface area (Å²) in [6.07, 6.45) is 1.86. The maximum absolute atomic E-state index is 12.3. The number of carbonyl (C=O) groups excluding carboxylic acids is 1. The van der Waals surface area contributed by atoms with Crippen LogP contribution in [0.4, 0.5) is 5.69 Å². The normalized spacial score (nSPS) is 20.9. The first-order chi connectivity index (χ1) is 10.0. The Morgan fingerprint density at radius 2 is 2.05 bits per heavy atom. The van der Waals surface area contributed by atoms with E-state index in [1.54, 1.807) is 6.07 Å². The summed E-state index contributed by atoms with van der Waals surface area (Å²) in [7, 11) is -3.30. The average Bonchev–Trinajstić information content (AvgIpc) is 2.45. The molecule has 21 heavy (non-hydrogen) atoms. The zero-order valence-corrected chi connectivity index (χ0v) is 13.1. The summed E-state index contributed by atoms with van der Waals surface area (Å²) >= 11 is 0. The lowest BCUT2D eigenvalue weighted by molar-refractivity contribution is -0.116. The second-order valence-electron chi connectivity index (χ2n) is 5.28. The SMILES string of the molecule is CCNCc1ccccc1NC(=O)C1CCCCS1(=O)=O. The van der Waals surface area contributed by atoms with Gasteiger partial charge >= 0.3 is 0 Å². The van der Waals surface area contributed by atoms with Crippen LogP contribution in [0.25, 0.3) is 0 Å². The largest absolute Gasteiger partial charge is 0.325 e. The van der Waals surface area contributed by atoms with Gasteiger partial charge in [-0.25, -0.2) is 8.42 Å². The molecule has 1 aromatic rings. The monoisotopic (exact) mass is 310 g/mol. The summed E-state index contributed by atoms with van der Waals surface area (Å²) in [5.41, 5.74) is 1.64. The molecule has 1 fully saturated rings. The van der Waals surface area contributed by atoms with E-state index in [4.69, 9.17) is 0 Å². The number of benzene rings is 1. The van der Waals surface area contributed by atoms with E-state index in [1.165, 1.54) is 0 Å². The smallest absolute Gasteiger partial charge is 0.242 e. The minimum atomic E-state index is -3.30. The third-order valence-corrected chi connectivity index (χ3v) is 5.89. The molecule has 116 valence electrons. The van der Waals surface area contributed by atoms with Crippen LogP contribution < -0.4 is 10.6 Å². The van der Waals surface area contributed by atoms with E-state index in [9.17, 15) is 13.2 Å². The van der Waals surface area contributed by atoms with Gasteiger partial charge in [0.1, 0.15) is 5.25 Å². The van der Waals surface area contributed by atoms with Crippen molar-refractivity contribution in [2.24, 2.45) is 0 Å². The van der Waals surface area contributed by atoms with E-state index in [0.717, 1.165) is 18.5 Å². The van der Waals surface area contributed by atoms with Crippen LogP contribution in [0, 0.1) is 0 Å². The van der Waals surface area contributed by atoms with E-state index < -0.39 is 21.0 Å². The van der Waals surface area contributed by atoms with Crippen molar-refractivity contribution in [1.29, 1.82) is 0 Å². The predicted molar refractivity (Wildman–Crippen MR) is 83.9 cm³/mol. The molecule has 1 amide bonds. The molecule has 1 aliphatic rings. The second-order valence-corrected chi connectivity index (χ2v) is 7.58. The lowest BCUT2D eigenvalue weighted by Crippen LogP contribution is -2.39. The number of rotatable bonds is 5. The Balaban J connectivity index is 2.12. The highest BCUT2D eigenvalue weighted by atomic mass is 32.2. The van der Waals surface area contributed by atoms with Gasteiger partial charge in [0.25, 0.3) is 0 Å². The van der Waals surface area contributed by atoms with Gasteiger partial charge in [-0.05, 0) is 31.0 Å². The van der Waals surface area contributed by atoms with Gasteiger partial charge in [0.15, 0.2) is 9.84 Å². The molecule has 0 spiro atoms. The maximum atomic E-state index is 12.3. The van der Waals surface area contributed by atoms with Crippen LogP contribution in [-0.4, -0.2) is 31.9 Å². The second kappa shape index (κ2) is 7.04. The van der Waals surface area contributed by atoms with Crippen molar-refractivity contribution in [3.8, 4) is 0 Å². The quantitative estimate of drug-likeness (QED) is 0.868. The molecule has 0 bridgehead atoms. The Morgan fingerprint density at radius 3 is 2.76 bits per heavy atom. The molecule has 6 heteroatoms. The highest BCUT2D eigenvalue weighted by Crippen LogP contribution is 2.22. The summed E-state index contributed by atoms with van der Waals surface area (Å²) in [6.45, 7) is 3.49. The first kappa shape index (κ1) is 16.0. The summed E-state index contributed by atoms with van der Waals surface area (Å²) in [6, 6.07) is 7.47. The van der Waals surface area contributed by atoms with E-state index in [0.29, 0.717) is 25.1 Å². The van der Waals surface area contributed by atoms with Crippen LogP contribution in [-0.2, 0) is 21.2 Å². The molecule has 2 N–H and O–H groups in total. The summed E-state index contributed by atoms with van der Waals surface area (Å²) < 4.78 is 24.0. The van der Waals surface area contributed by atoms with Crippen molar-refractivity contribution in [3.05, 3.63) is 29.8 Å². The van der Waals surface area contributed by atoms with E-state index in [-0.39, 0.29) is 5.75 Å². The fourth-order valence-electron chi connectivity index (χ4n) is 2.52. The van der Waals surface area contributed by atoms with Crippen molar-refractivity contribution in [1.82, 2.24) is 5.32 Å². The van der Waals surface area contributed by atoms with Crippen LogP contribution in [0.1, 0.15) is 31.7 Å². The Labute approximate surface area is 126 Å². The Morgan fingerprint density at radius 1 is 1.29 bits per heavy atom. The predicted octanol–water partition coefficient (Wildman–Crippen LogP) is 1.70. The number of hydrogen-bond acceptors (Lipinski definition) is 4. The van der Waals surface area contributed by atoms with Crippen molar-refractivity contribution >= 4 is 21.4 Å². The van der Waals surface area contributed by atoms with Gasteiger partial charge in [0.05, 0.1) is 5.75 Å². The molecule has 5 nitrogen and oxygen atoms in total. The van der Waals surface area contributed by atoms with Gasteiger partial charge in [-0.1, -0.05) is 31.5 Å². The molecule has 1 unspecified atom stereocenters. The highest BCUT2D eigenvalue weighted by molar-refractivity contribution is 7.92.